The average molecular weight is 453 g/mol. The van der Waals surface area contributed by atoms with Gasteiger partial charge in [-0.25, -0.2) is 4.79 Å². The van der Waals surface area contributed by atoms with E-state index in [1.165, 1.54) is 0 Å². The van der Waals surface area contributed by atoms with Crippen molar-refractivity contribution in [3.63, 3.8) is 0 Å². The second kappa shape index (κ2) is 6.99. The molecule has 3 rings (SSSR count). The molecule has 0 aliphatic carbocycles. The quantitative estimate of drug-likeness (QED) is 0.363. The zero-order chi connectivity index (χ0) is 17.3. The largest absolute Gasteiger partial charge is 0.495 e. The standard InChI is InChI=1S/C19H14ClIO3/c1-11-3-5-12(6-4-11)17-9-14(19(22)24-17)7-13-8-15(20)10-16(21)18(13)23-2/h3-10H,1-2H3/b14-7-. The molecule has 1 heterocycles. The highest BCUT2D eigenvalue weighted by Gasteiger charge is 2.22. The van der Waals surface area contributed by atoms with E-state index in [0.717, 1.165) is 20.3 Å². The Morgan fingerprint density at radius 3 is 2.58 bits per heavy atom. The SMILES string of the molecule is COc1c(I)cc(Cl)cc1/C=C1/C=C(c2ccc(C)cc2)OC1=O. The molecule has 2 aromatic carbocycles. The van der Waals surface area contributed by atoms with Gasteiger partial charge in [-0.05, 0) is 53.8 Å². The highest BCUT2D eigenvalue weighted by atomic mass is 127. The summed E-state index contributed by atoms with van der Waals surface area (Å²) in [6.45, 7) is 2.01. The predicted molar refractivity (Wildman–Crippen MR) is 104 cm³/mol. The Morgan fingerprint density at radius 1 is 1.21 bits per heavy atom. The molecule has 0 amide bonds. The lowest BCUT2D eigenvalue weighted by Crippen LogP contribution is -1.98. The van der Waals surface area contributed by atoms with Crippen LogP contribution in [0.2, 0.25) is 5.02 Å². The first-order valence-electron chi connectivity index (χ1n) is 7.23. The molecule has 24 heavy (non-hydrogen) atoms. The Bertz CT molecular complexity index is 867. The number of halogens is 2. The minimum absolute atomic E-state index is 0.386. The van der Waals surface area contributed by atoms with Crippen LogP contribution in [-0.2, 0) is 9.53 Å². The van der Waals surface area contributed by atoms with E-state index in [4.69, 9.17) is 21.1 Å². The number of hydrogen-bond donors (Lipinski definition) is 0. The summed E-state index contributed by atoms with van der Waals surface area (Å²) in [6.07, 6.45) is 3.47. The number of cyclic esters (lactones) is 1. The Morgan fingerprint density at radius 2 is 1.92 bits per heavy atom. The van der Waals surface area contributed by atoms with E-state index < -0.39 is 0 Å². The third-order valence-electron chi connectivity index (χ3n) is 3.61. The molecule has 0 aromatic heterocycles. The molecule has 0 bridgehead atoms. The van der Waals surface area contributed by atoms with E-state index in [0.29, 0.717) is 22.1 Å². The first-order chi connectivity index (χ1) is 11.5. The van der Waals surface area contributed by atoms with Crippen LogP contribution >= 0.6 is 34.2 Å². The van der Waals surface area contributed by atoms with Crippen LogP contribution in [0.15, 0.2) is 48.0 Å². The molecule has 0 saturated carbocycles. The molecule has 0 unspecified atom stereocenters. The summed E-state index contributed by atoms with van der Waals surface area (Å²) in [5.41, 5.74) is 3.22. The van der Waals surface area contributed by atoms with Gasteiger partial charge in [-0.1, -0.05) is 41.4 Å². The summed E-state index contributed by atoms with van der Waals surface area (Å²) in [5.74, 6) is 0.835. The van der Waals surface area contributed by atoms with Gasteiger partial charge >= 0.3 is 5.97 Å². The molecule has 5 heteroatoms. The van der Waals surface area contributed by atoms with Crippen LogP contribution in [0, 0.1) is 10.5 Å². The second-order valence-electron chi connectivity index (χ2n) is 5.37. The van der Waals surface area contributed by atoms with Crippen molar-refractivity contribution in [2.24, 2.45) is 0 Å². The van der Waals surface area contributed by atoms with Gasteiger partial charge in [0.15, 0.2) is 0 Å². The van der Waals surface area contributed by atoms with Gasteiger partial charge in [-0.2, -0.15) is 0 Å². The van der Waals surface area contributed by atoms with Crippen molar-refractivity contribution in [1.29, 1.82) is 0 Å². The number of esters is 1. The van der Waals surface area contributed by atoms with E-state index in [1.807, 2.05) is 37.3 Å². The molecule has 0 fully saturated rings. The number of carbonyl (C=O) groups excluding carboxylic acids is 1. The minimum Gasteiger partial charge on any atom is -0.495 e. The Hall–Kier alpha value is -1.79. The Kier molecular flexibility index (Phi) is 4.96. The van der Waals surface area contributed by atoms with E-state index in [2.05, 4.69) is 22.6 Å². The first-order valence-corrected chi connectivity index (χ1v) is 8.69. The van der Waals surface area contributed by atoms with Crippen molar-refractivity contribution in [1.82, 2.24) is 0 Å². The zero-order valence-corrected chi connectivity index (χ0v) is 16.0. The lowest BCUT2D eigenvalue weighted by atomic mass is 10.1. The second-order valence-corrected chi connectivity index (χ2v) is 6.97. The summed E-state index contributed by atoms with van der Waals surface area (Å²) in [4.78, 5) is 12.2. The maximum absolute atomic E-state index is 12.2. The van der Waals surface area contributed by atoms with Crippen molar-refractivity contribution in [2.45, 2.75) is 6.92 Å². The van der Waals surface area contributed by atoms with Crippen LogP contribution in [0.4, 0.5) is 0 Å². The first kappa shape index (κ1) is 17.0. The number of hydrogen-bond acceptors (Lipinski definition) is 3. The van der Waals surface area contributed by atoms with Crippen LogP contribution in [0.3, 0.4) is 0 Å². The van der Waals surface area contributed by atoms with Crippen LogP contribution < -0.4 is 4.74 Å². The fourth-order valence-electron chi connectivity index (χ4n) is 2.42. The highest BCUT2D eigenvalue weighted by Crippen LogP contribution is 2.33. The molecule has 2 aromatic rings. The monoisotopic (exact) mass is 452 g/mol. The Balaban J connectivity index is 2.02. The molecular weight excluding hydrogens is 439 g/mol. The van der Waals surface area contributed by atoms with Crippen molar-refractivity contribution < 1.29 is 14.3 Å². The van der Waals surface area contributed by atoms with E-state index in [9.17, 15) is 4.79 Å². The third kappa shape index (κ3) is 3.49. The number of methoxy groups -OCH3 is 1. The minimum atomic E-state index is -0.386. The van der Waals surface area contributed by atoms with E-state index >= 15 is 0 Å². The van der Waals surface area contributed by atoms with Gasteiger partial charge in [0.1, 0.15) is 11.5 Å². The third-order valence-corrected chi connectivity index (χ3v) is 4.63. The normalized spacial score (nSPS) is 15.4. The van der Waals surface area contributed by atoms with Gasteiger partial charge in [0.2, 0.25) is 0 Å². The molecule has 0 saturated heterocycles. The number of aryl methyl sites for hydroxylation is 1. The molecule has 0 N–H and O–H groups in total. The molecule has 0 radical (unpaired) electrons. The lowest BCUT2D eigenvalue weighted by molar-refractivity contribution is -0.130. The van der Waals surface area contributed by atoms with Crippen molar-refractivity contribution >= 4 is 52.0 Å². The predicted octanol–water partition coefficient (Wildman–Crippen LogP) is 5.24. The van der Waals surface area contributed by atoms with E-state index in [-0.39, 0.29) is 5.97 Å². The summed E-state index contributed by atoms with van der Waals surface area (Å²) in [6, 6.07) is 11.4. The maximum Gasteiger partial charge on any atom is 0.343 e. The maximum atomic E-state index is 12.2. The Labute approximate surface area is 159 Å². The summed E-state index contributed by atoms with van der Waals surface area (Å²) >= 11 is 8.27. The summed E-state index contributed by atoms with van der Waals surface area (Å²) < 4.78 is 11.7. The molecular formula is C19H14ClIO3. The number of benzene rings is 2. The summed E-state index contributed by atoms with van der Waals surface area (Å²) in [7, 11) is 1.59. The average Bonchev–Trinajstić information content (AvgIpc) is 2.88. The van der Waals surface area contributed by atoms with Gasteiger partial charge in [-0.15, -0.1) is 0 Å². The van der Waals surface area contributed by atoms with Crippen LogP contribution in [0.25, 0.3) is 11.8 Å². The highest BCUT2D eigenvalue weighted by molar-refractivity contribution is 14.1. The van der Waals surface area contributed by atoms with Crippen LogP contribution in [-0.4, -0.2) is 13.1 Å². The summed E-state index contributed by atoms with van der Waals surface area (Å²) in [5, 5.41) is 0.584. The topological polar surface area (TPSA) is 35.5 Å². The van der Waals surface area contributed by atoms with Gasteiger partial charge in [0.05, 0.1) is 16.3 Å². The van der Waals surface area contributed by atoms with Crippen molar-refractivity contribution in [3.05, 3.63) is 73.3 Å². The fraction of sp³-hybridized carbons (Fsp3) is 0.105. The smallest absolute Gasteiger partial charge is 0.343 e. The van der Waals surface area contributed by atoms with Gasteiger partial charge < -0.3 is 9.47 Å². The number of rotatable bonds is 3. The van der Waals surface area contributed by atoms with Gasteiger partial charge in [0, 0.05) is 16.1 Å². The molecule has 3 nitrogen and oxygen atoms in total. The van der Waals surface area contributed by atoms with Crippen LogP contribution in [0.1, 0.15) is 16.7 Å². The van der Waals surface area contributed by atoms with Gasteiger partial charge in [0.25, 0.3) is 0 Å². The lowest BCUT2D eigenvalue weighted by Gasteiger charge is -2.08. The van der Waals surface area contributed by atoms with Crippen molar-refractivity contribution in [3.8, 4) is 5.75 Å². The number of carbonyl (C=O) groups is 1. The fourth-order valence-corrected chi connectivity index (χ4v) is 3.70. The molecule has 122 valence electrons. The van der Waals surface area contributed by atoms with Gasteiger partial charge in [-0.3, -0.25) is 0 Å². The van der Waals surface area contributed by atoms with E-state index in [1.54, 1.807) is 25.3 Å². The van der Waals surface area contributed by atoms with Crippen molar-refractivity contribution in [2.75, 3.05) is 7.11 Å². The zero-order valence-electron chi connectivity index (χ0n) is 13.1. The molecule has 1 aliphatic rings. The molecule has 0 atom stereocenters. The molecule has 0 spiro atoms. The number of ether oxygens (including phenoxy) is 2. The molecule has 1 aliphatic heterocycles. The van der Waals surface area contributed by atoms with Crippen LogP contribution in [0.5, 0.6) is 5.75 Å².